The largest absolute Gasteiger partial charge is 0.342 e. The molecule has 2 aromatic rings. The van der Waals surface area contributed by atoms with Crippen molar-refractivity contribution in [3.05, 3.63) is 50.5 Å². The molecular formula is C18H20N2O2S. The van der Waals surface area contributed by atoms with Gasteiger partial charge in [-0.05, 0) is 57.2 Å². The van der Waals surface area contributed by atoms with Gasteiger partial charge >= 0.3 is 0 Å². The van der Waals surface area contributed by atoms with Gasteiger partial charge in [0.05, 0.1) is 16.7 Å². The Morgan fingerprint density at radius 1 is 1.22 bits per heavy atom. The lowest BCUT2D eigenvalue weighted by Crippen LogP contribution is -2.33. The molecule has 0 saturated carbocycles. The quantitative estimate of drug-likeness (QED) is 0.692. The van der Waals surface area contributed by atoms with Gasteiger partial charge in [-0.15, -0.1) is 11.3 Å². The molecule has 0 radical (unpaired) electrons. The Balaban J connectivity index is 1.72. The van der Waals surface area contributed by atoms with Gasteiger partial charge in [0.15, 0.2) is 0 Å². The van der Waals surface area contributed by atoms with Crippen LogP contribution in [0.15, 0.2) is 18.2 Å². The zero-order valence-electron chi connectivity index (χ0n) is 13.6. The number of amides is 1. The van der Waals surface area contributed by atoms with E-state index >= 15 is 0 Å². The number of aromatic nitrogens is 1. The molecule has 0 spiro atoms. The molecule has 0 saturated heterocycles. The summed E-state index contributed by atoms with van der Waals surface area (Å²) in [5.41, 5.74) is 3.88. The van der Waals surface area contributed by atoms with Crippen LogP contribution in [0, 0.1) is 13.8 Å². The molecule has 0 fully saturated rings. The van der Waals surface area contributed by atoms with E-state index in [1.165, 1.54) is 11.1 Å². The molecule has 0 bridgehead atoms. The van der Waals surface area contributed by atoms with E-state index in [2.05, 4.69) is 10.3 Å². The van der Waals surface area contributed by atoms with Gasteiger partial charge in [-0.3, -0.25) is 9.59 Å². The van der Waals surface area contributed by atoms with Crippen LogP contribution in [-0.4, -0.2) is 16.7 Å². The highest BCUT2D eigenvalue weighted by Gasteiger charge is 2.22. The normalized spacial score (nSPS) is 14.4. The summed E-state index contributed by atoms with van der Waals surface area (Å²) in [5, 5.41) is 3.76. The second kappa shape index (κ2) is 6.24. The zero-order chi connectivity index (χ0) is 16.6. The SMILES string of the molecule is Cc1nc(C)c([C@H](C)NC(=O)C(=O)c2ccc3c(c2)CCC3)s1. The predicted molar refractivity (Wildman–Crippen MR) is 90.9 cm³/mol. The number of nitrogens with one attached hydrogen (secondary N) is 1. The molecule has 1 heterocycles. The van der Waals surface area contributed by atoms with E-state index in [0.29, 0.717) is 5.56 Å². The van der Waals surface area contributed by atoms with Crippen molar-refractivity contribution in [3.63, 3.8) is 0 Å². The number of fused-ring (bicyclic) bond motifs is 1. The number of carbonyl (C=O) groups excluding carboxylic acids is 2. The minimum absolute atomic E-state index is 0.216. The fourth-order valence-electron chi connectivity index (χ4n) is 3.12. The van der Waals surface area contributed by atoms with Crippen LogP contribution >= 0.6 is 11.3 Å². The van der Waals surface area contributed by atoms with Gasteiger partial charge in [0, 0.05) is 10.4 Å². The maximum absolute atomic E-state index is 12.4. The Kier molecular flexibility index (Phi) is 4.31. The number of nitrogens with zero attached hydrogens (tertiary/aromatic N) is 1. The first kappa shape index (κ1) is 15.9. The Hall–Kier alpha value is -2.01. The highest BCUT2D eigenvalue weighted by Crippen LogP contribution is 2.25. The van der Waals surface area contributed by atoms with Gasteiger partial charge in [0.1, 0.15) is 0 Å². The van der Waals surface area contributed by atoms with Gasteiger partial charge in [-0.2, -0.15) is 0 Å². The molecule has 23 heavy (non-hydrogen) atoms. The van der Waals surface area contributed by atoms with E-state index in [1.54, 1.807) is 17.4 Å². The van der Waals surface area contributed by atoms with E-state index < -0.39 is 11.7 Å². The van der Waals surface area contributed by atoms with Crippen molar-refractivity contribution in [2.75, 3.05) is 0 Å². The molecule has 1 aromatic heterocycles. The third-order valence-electron chi connectivity index (χ3n) is 4.25. The molecule has 1 aliphatic rings. The predicted octanol–water partition coefficient (Wildman–Crippen LogP) is 3.31. The first-order valence-electron chi connectivity index (χ1n) is 7.86. The van der Waals surface area contributed by atoms with E-state index in [9.17, 15) is 9.59 Å². The van der Waals surface area contributed by atoms with Crippen LogP contribution in [0.4, 0.5) is 0 Å². The highest BCUT2D eigenvalue weighted by atomic mass is 32.1. The monoisotopic (exact) mass is 328 g/mol. The van der Waals surface area contributed by atoms with Crippen molar-refractivity contribution >= 4 is 23.0 Å². The average Bonchev–Trinajstić information content (AvgIpc) is 3.11. The topological polar surface area (TPSA) is 59.1 Å². The lowest BCUT2D eigenvalue weighted by atomic mass is 10.0. The van der Waals surface area contributed by atoms with E-state index in [1.807, 2.05) is 32.9 Å². The molecule has 4 nitrogen and oxygen atoms in total. The fourth-order valence-corrected chi connectivity index (χ4v) is 4.05. The molecule has 1 N–H and O–H groups in total. The van der Waals surface area contributed by atoms with Gasteiger partial charge in [0.25, 0.3) is 5.91 Å². The summed E-state index contributed by atoms with van der Waals surface area (Å²) >= 11 is 1.55. The van der Waals surface area contributed by atoms with Crippen LogP contribution < -0.4 is 5.32 Å². The number of benzene rings is 1. The zero-order valence-corrected chi connectivity index (χ0v) is 14.4. The van der Waals surface area contributed by atoms with Crippen molar-refractivity contribution in [1.29, 1.82) is 0 Å². The van der Waals surface area contributed by atoms with Crippen LogP contribution in [0.1, 0.15) is 56.4 Å². The molecule has 0 unspecified atom stereocenters. The lowest BCUT2D eigenvalue weighted by molar-refractivity contribution is -0.117. The van der Waals surface area contributed by atoms with Crippen molar-refractivity contribution in [2.24, 2.45) is 0 Å². The van der Waals surface area contributed by atoms with E-state index in [0.717, 1.165) is 34.8 Å². The third-order valence-corrected chi connectivity index (χ3v) is 5.50. The number of hydrogen-bond acceptors (Lipinski definition) is 4. The summed E-state index contributed by atoms with van der Waals surface area (Å²) in [6.07, 6.45) is 3.19. The first-order valence-corrected chi connectivity index (χ1v) is 8.68. The van der Waals surface area contributed by atoms with E-state index in [4.69, 9.17) is 0 Å². The highest BCUT2D eigenvalue weighted by molar-refractivity contribution is 7.11. The lowest BCUT2D eigenvalue weighted by Gasteiger charge is -2.12. The minimum Gasteiger partial charge on any atom is -0.342 e. The molecule has 1 aromatic carbocycles. The summed E-state index contributed by atoms with van der Waals surface area (Å²) in [6, 6.07) is 5.39. The third kappa shape index (κ3) is 3.20. The molecule has 1 amide bonds. The standard InChI is InChI=1S/C18H20N2O2S/c1-10-17(23-12(3)19-10)11(2)20-18(22)16(21)15-8-7-13-5-4-6-14(13)9-15/h7-9,11H,4-6H2,1-3H3,(H,20,22)/t11-/m0/s1. The van der Waals surface area contributed by atoms with Crippen molar-refractivity contribution in [1.82, 2.24) is 10.3 Å². The molecular weight excluding hydrogens is 308 g/mol. The maximum Gasteiger partial charge on any atom is 0.292 e. The Morgan fingerprint density at radius 3 is 2.65 bits per heavy atom. The first-order chi connectivity index (χ1) is 11.0. The number of rotatable bonds is 4. The summed E-state index contributed by atoms with van der Waals surface area (Å²) < 4.78 is 0. The molecule has 1 aliphatic carbocycles. The second-order valence-corrected chi connectivity index (χ2v) is 7.28. The van der Waals surface area contributed by atoms with Gasteiger partial charge < -0.3 is 5.32 Å². The van der Waals surface area contributed by atoms with Gasteiger partial charge in [-0.1, -0.05) is 12.1 Å². The van der Waals surface area contributed by atoms with Crippen molar-refractivity contribution < 1.29 is 9.59 Å². The number of ketones is 1. The summed E-state index contributed by atoms with van der Waals surface area (Å²) in [5.74, 6) is -1.02. The minimum atomic E-state index is -0.555. The maximum atomic E-state index is 12.4. The van der Waals surface area contributed by atoms with Crippen LogP contribution in [0.25, 0.3) is 0 Å². The smallest absolute Gasteiger partial charge is 0.292 e. The fraction of sp³-hybridized carbons (Fsp3) is 0.389. The van der Waals surface area contributed by atoms with Crippen LogP contribution in [0.3, 0.4) is 0 Å². The number of hydrogen-bond donors (Lipinski definition) is 1. The molecule has 3 rings (SSSR count). The van der Waals surface area contributed by atoms with Crippen LogP contribution in [0.2, 0.25) is 0 Å². The molecule has 1 atom stereocenters. The van der Waals surface area contributed by atoms with Crippen LogP contribution in [-0.2, 0) is 17.6 Å². The Morgan fingerprint density at radius 2 is 1.96 bits per heavy atom. The second-order valence-electron chi connectivity index (χ2n) is 6.04. The van der Waals surface area contributed by atoms with Crippen molar-refractivity contribution in [3.8, 4) is 0 Å². The Bertz CT molecular complexity index is 779. The molecule has 0 aliphatic heterocycles. The Labute approximate surface area is 140 Å². The van der Waals surface area contributed by atoms with Gasteiger partial charge in [-0.25, -0.2) is 4.98 Å². The number of Topliss-reactive ketones (excluding diaryl/α,β-unsaturated/α-hetero) is 1. The van der Waals surface area contributed by atoms with Gasteiger partial charge in [0.2, 0.25) is 5.78 Å². The summed E-state index contributed by atoms with van der Waals surface area (Å²) in [6.45, 7) is 5.74. The van der Waals surface area contributed by atoms with E-state index in [-0.39, 0.29) is 6.04 Å². The number of aryl methyl sites for hydroxylation is 4. The summed E-state index contributed by atoms with van der Waals surface area (Å²) in [7, 11) is 0. The number of thiazole rings is 1. The van der Waals surface area contributed by atoms with Crippen molar-refractivity contribution in [2.45, 2.75) is 46.1 Å². The summed E-state index contributed by atoms with van der Waals surface area (Å²) in [4.78, 5) is 30.0. The van der Waals surface area contributed by atoms with Crippen LogP contribution in [0.5, 0.6) is 0 Å². The number of carbonyl (C=O) groups is 2. The molecule has 5 heteroatoms. The molecule has 120 valence electrons. The average molecular weight is 328 g/mol.